The van der Waals surface area contributed by atoms with Crippen LogP contribution in [0.25, 0.3) is 0 Å². The maximum Gasteiger partial charge on any atom is 0.194 e. The maximum atomic E-state index is 12.4. The van der Waals surface area contributed by atoms with Crippen molar-refractivity contribution in [3.63, 3.8) is 0 Å². The van der Waals surface area contributed by atoms with E-state index >= 15 is 0 Å². The predicted molar refractivity (Wildman–Crippen MR) is 117 cm³/mol. The zero-order valence-corrected chi connectivity index (χ0v) is 18.9. The van der Waals surface area contributed by atoms with Crippen LogP contribution in [0.2, 0.25) is 0 Å². The van der Waals surface area contributed by atoms with E-state index in [1.54, 1.807) is 0 Å². The summed E-state index contributed by atoms with van der Waals surface area (Å²) in [6.45, 7) is 4.65. The normalized spacial score (nSPS) is 17.3. The average Bonchev–Trinajstić information content (AvgIpc) is 2.59. The van der Waals surface area contributed by atoms with Crippen molar-refractivity contribution in [2.75, 3.05) is 39.6 Å². The van der Waals surface area contributed by atoms with Crippen LogP contribution in [0.1, 0.15) is 25.3 Å². The second-order valence-electron chi connectivity index (χ2n) is 6.58. The zero-order chi connectivity index (χ0) is 18.3. The fourth-order valence-electron chi connectivity index (χ4n) is 3.01. The summed E-state index contributed by atoms with van der Waals surface area (Å²) in [7, 11) is -1.25. The highest BCUT2D eigenvalue weighted by atomic mass is 127. The molecule has 1 heterocycles. The van der Waals surface area contributed by atoms with Crippen LogP contribution >= 0.6 is 24.0 Å². The van der Waals surface area contributed by atoms with Crippen LogP contribution in [-0.2, 0) is 21.1 Å². The van der Waals surface area contributed by atoms with Crippen molar-refractivity contribution in [1.82, 2.24) is 10.2 Å². The lowest BCUT2D eigenvalue weighted by Gasteiger charge is -2.34. The first kappa shape index (κ1) is 23.2. The monoisotopic (exact) mass is 495 g/mol. The Hall–Kier alpha value is -0.870. The molecule has 1 N–H and O–H groups in total. The summed E-state index contributed by atoms with van der Waals surface area (Å²) in [6, 6.07) is 10.1. The van der Waals surface area contributed by atoms with Crippen LogP contribution in [0.15, 0.2) is 35.3 Å². The number of halogens is 1. The summed E-state index contributed by atoms with van der Waals surface area (Å²) in [5.74, 6) is 0.723. The molecule has 1 aliphatic rings. The molecular weight excluding hydrogens is 465 g/mol. The molecule has 1 saturated heterocycles. The SMILES string of the molecule is CCNC(=NCC1(S(C)(=O)=O)CCOCC1)N(C)Cc1ccccc1.I. The predicted octanol–water partition coefficient (Wildman–Crippen LogP) is 2.30. The van der Waals surface area contributed by atoms with Crippen molar-refractivity contribution in [3.05, 3.63) is 35.9 Å². The van der Waals surface area contributed by atoms with Gasteiger partial charge < -0.3 is 15.0 Å². The van der Waals surface area contributed by atoms with E-state index < -0.39 is 14.6 Å². The van der Waals surface area contributed by atoms with Gasteiger partial charge >= 0.3 is 0 Å². The van der Waals surface area contributed by atoms with E-state index in [-0.39, 0.29) is 30.5 Å². The van der Waals surface area contributed by atoms with Crippen LogP contribution in [0.5, 0.6) is 0 Å². The minimum Gasteiger partial charge on any atom is -0.381 e. The molecule has 0 spiro atoms. The molecule has 1 fully saturated rings. The Kier molecular flexibility index (Phi) is 9.32. The van der Waals surface area contributed by atoms with Gasteiger partial charge in [-0.15, -0.1) is 24.0 Å². The summed E-state index contributed by atoms with van der Waals surface area (Å²) in [5.41, 5.74) is 1.18. The smallest absolute Gasteiger partial charge is 0.194 e. The number of hydrogen-bond donors (Lipinski definition) is 1. The summed E-state index contributed by atoms with van der Waals surface area (Å²) >= 11 is 0. The molecule has 0 unspecified atom stereocenters. The number of hydrogen-bond acceptors (Lipinski definition) is 4. The van der Waals surface area contributed by atoms with E-state index in [2.05, 4.69) is 22.4 Å². The van der Waals surface area contributed by atoms with Crippen molar-refractivity contribution in [3.8, 4) is 0 Å². The van der Waals surface area contributed by atoms with Gasteiger partial charge in [0.25, 0.3) is 0 Å². The molecule has 0 aliphatic carbocycles. The summed E-state index contributed by atoms with van der Waals surface area (Å²) in [6.07, 6.45) is 2.31. The van der Waals surface area contributed by atoms with E-state index in [0.29, 0.717) is 32.6 Å². The first-order valence-electron chi connectivity index (χ1n) is 8.69. The molecule has 0 radical (unpaired) electrons. The highest BCUT2D eigenvalue weighted by molar-refractivity contribution is 14.0. The number of rotatable bonds is 6. The Balaban J connectivity index is 0.00000338. The molecule has 1 aromatic carbocycles. The minimum absolute atomic E-state index is 0. The number of aliphatic imine (C=N–C) groups is 1. The third kappa shape index (κ3) is 6.09. The topological polar surface area (TPSA) is 71.0 Å². The fraction of sp³-hybridized carbons (Fsp3) is 0.611. The first-order chi connectivity index (χ1) is 11.9. The van der Waals surface area contributed by atoms with Crippen molar-refractivity contribution in [1.29, 1.82) is 0 Å². The lowest BCUT2D eigenvalue weighted by Crippen LogP contribution is -2.47. The number of sulfone groups is 1. The zero-order valence-electron chi connectivity index (χ0n) is 15.8. The van der Waals surface area contributed by atoms with Crippen molar-refractivity contribution >= 4 is 39.8 Å². The van der Waals surface area contributed by atoms with Gasteiger partial charge in [-0.25, -0.2) is 8.42 Å². The van der Waals surface area contributed by atoms with Gasteiger partial charge in [0.05, 0.1) is 11.3 Å². The molecular formula is C18H30IN3O3S. The maximum absolute atomic E-state index is 12.4. The van der Waals surface area contributed by atoms with Gasteiger partial charge in [-0.05, 0) is 25.3 Å². The second-order valence-corrected chi connectivity index (χ2v) is 8.99. The average molecular weight is 495 g/mol. The number of ether oxygens (including phenoxy) is 1. The quantitative estimate of drug-likeness (QED) is 0.373. The number of guanidine groups is 1. The highest BCUT2D eigenvalue weighted by Gasteiger charge is 2.42. The Morgan fingerprint density at radius 3 is 2.42 bits per heavy atom. The van der Waals surface area contributed by atoms with Gasteiger partial charge in [0, 0.05) is 39.6 Å². The minimum atomic E-state index is -3.22. The summed E-state index contributed by atoms with van der Waals surface area (Å²) < 4.78 is 29.3. The molecule has 1 aromatic rings. The van der Waals surface area contributed by atoms with Gasteiger partial charge in [0.1, 0.15) is 0 Å². The van der Waals surface area contributed by atoms with E-state index in [1.165, 1.54) is 11.8 Å². The molecule has 1 aliphatic heterocycles. The van der Waals surface area contributed by atoms with Crippen LogP contribution in [0.3, 0.4) is 0 Å². The second kappa shape index (κ2) is 10.5. The first-order valence-corrected chi connectivity index (χ1v) is 10.6. The van der Waals surface area contributed by atoms with Crippen molar-refractivity contribution < 1.29 is 13.2 Å². The van der Waals surface area contributed by atoms with Gasteiger partial charge in [-0.3, -0.25) is 4.99 Å². The van der Waals surface area contributed by atoms with Gasteiger partial charge in [0.15, 0.2) is 15.8 Å². The highest BCUT2D eigenvalue weighted by Crippen LogP contribution is 2.29. The molecule has 2 rings (SSSR count). The van der Waals surface area contributed by atoms with E-state index in [0.717, 1.165) is 12.5 Å². The van der Waals surface area contributed by atoms with Crippen LogP contribution in [0, 0.1) is 0 Å². The van der Waals surface area contributed by atoms with Crippen molar-refractivity contribution in [2.45, 2.75) is 31.1 Å². The molecule has 8 heteroatoms. The number of nitrogens with one attached hydrogen (secondary N) is 1. The number of benzene rings is 1. The molecule has 0 aromatic heterocycles. The summed E-state index contributed by atoms with van der Waals surface area (Å²) in [4.78, 5) is 6.69. The standard InChI is InChI=1S/C18H29N3O3S.HI/c1-4-19-17(21(2)14-16-8-6-5-7-9-16)20-15-18(25(3,22)23)10-12-24-13-11-18;/h5-9H,4,10-15H2,1-3H3,(H,19,20);1H. The van der Waals surface area contributed by atoms with Gasteiger partial charge in [-0.1, -0.05) is 30.3 Å². The van der Waals surface area contributed by atoms with Crippen LogP contribution in [0.4, 0.5) is 0 Å². The van der Waals surface area contributed by atoms with Gasteiger partial charge in [0.2, 0.25) is 0 Å². The lowest BCUT2D eigenvalue weighted by atomic mass is 9.99. The Morgan fingerprint density at radius 1 is 1.27 bits per heavy atom. The number of nitrogens with zero attached hydrogens (tertiary/aromatic N) is 2. The Bertz CT molecular complexity index is 674. The molecule has 148 valence electrons. The van der Waals surface area contributed by atoms with Crippen molar-refractivity contribution in [2.24, 2.45) is 4.99 Å². The van der Waals surface area contributed by atoms with Crippen LogP contribution in [-0.4, -0.2) is 63.6 Å². The fourth-order valence-corrected chi connectivity index (χ4v) is 4.22. The third-order valence-electron chi connectivity index (χ3n) is 4.67. The molecule has 0 saturated carbocycles. The third-order valence-corrected chi connectivity index (χ3v) is 6.78. The van der Waals surface area contributed by atoms with Gasteiger partial charge in [-0.2, -0.15) is 0 Å². The van der Waals surface area contributed by atoms with Crippen LogP contribution < -0.4 is 5.32 Å². The molecule has 0 amide bonds. The Morgan fingerprint density at radius 2 is 1.88 bits per heavy atom. The molecule has 0 bridgehead atoms. The molecule has 0 atom stereocenters. The van der Waals surface area contributed by atoms with E-state index in [4.69, 9.17) is 4.74 Å². The molecule has 26 heavy (non-hydrogen) atoms. The molecule has 6 nitrogen and oxygen atoms in total. The largest absolute Gasteiger partial charge is 0.381 e. The Labute approximate surface area is 174 Å². The lowest BCUT2D eigenvalue weighted by molar-refractivity contribution is 0.0767. The summed E-state index contributed by atoms with van der Waals surface area (Å²) in [5, 5.41) is 3.26. The van der Waals surface area contributed by atoms with E-state index in [9.17, 15) is 8.42 Å². The van der Waals surface area contributed by atoms with E-state index in [1.807, 2.05) is 37.1 Å².